The predicted molar refractivity (Wildman–Crippen MR) is 120 cm³/mol. The highest BCUT2D eigenvalue weighted by molar-refractivity contribution is 6.30. The third-order valence-electron chi connectivity index (χ3n) is 5.52. The van der Waals surface area contributed by atoms with Gasteiger partial charge in [0.05, 0.1) is 0 Å². The van der Waals surface area contributed by atoms with E-state index in [0.717, 1.165) is 31.7 Å². The lowest BCUT2D eigenvalue weighted by atomic mass is 10.0. The zero-order valence-electron chi connectivity index (χ0n) is 16.6. The van der Waals surface area contributed by atoms with Crippen molar-refractivity contribution in [2.24, 2.45) is 0 Å². The summed E-state index contributed by atoms with van der Waals surface area (Å²) in [6.45, 7) is 3.51. The molecule has 1 aliphatic heterocycles. The van der Waals surface area contributed by atoms with E-state index in [0.29, 0.717) is 11.1 Å². The smallest absolute Gasteiger partial charge is 0.178 e. The van der Waals surface area contributed by atoms with Crippen LogP contribution in [0.25, 0.3) is 10.8 Å². The molecule has 2 unspecified atom stereocenters. The lowest BCUT2D eigenvalue weighted by molar-refractivity contribution is -0.0661. The summed E-state index contributed by atoms with van der Waals surface area (Å²) in [6, 6.07) is 22.5. The minimum absolute atomic E-state index is 0.366. The molecule has 0 bridgehead atoms. The number of anilines is 1. The molecule has 2 atom stereocenters. The van der Waals surface area contributed by atoms with Crippen molar-refractivity contribution in [1.82, 2.24) is 4.90 Å². The van der Waals surface area contributed by atoms with Crippen LogP contribution in [0.3, 0.4) is 0 Å². The summed E-state index contributed by atoms with van der Waals surface area (Å²) < 4.78 is 6.08. The van der Waals surface area contributed by atoms with E-state index in [4.69, 9.17) is 16.3 Å². The molecule has 0 aliphatic carbocycles. The van der Waals surface area contributed by atoms with Crippen LogP contribution in [0, 0.1) is 0 Å². The number of piperidine rings is 1. The van der Waals surface area contributed by atoms with Crippen molar-refractivity contribution in [3.05, 3.63) is 71.8 Å². The highest BCUT2D eigenvalue weighted by Gasteiger charge is 2.29. The van der Waals surface area contributed by atoms with E-state index in [1.165, 1.54) is 16.5 Å². The first-order valence-electron chi connectivity index (χ1n) is 10.2. The number of nitrogens with one attached hydrogen (secondary N) is 1. The zero-order valence-corrected chi connectivity index (χ0v) is 17.3. The second-order valence-electron chi connectivity index (χ2n) is 7.68. The molecular weight excluding hydrogens is 384 g/mol. The highest BCUT2D eigenvalue weighted by Crippen LogP contribution is 2.27. The van der Waals surface area contributed by atoms with Crippen LogP contribution in [0.5, 0.6) is 5.75 Å². The first-order chi connectivity index (χ1) is 14.1. The predicted octanol–water partition coefficient (Wildman–Crippen LogP) is 5.16. The highest BCUT2D eigenvalue weighted by atomic mass is 35.5. The Hall–Kier alpha value is -2.27. The lowest BCUT2D eigenvalue weighted by Crippen LogP contribution is -2.51. The summed E-state index contributed by atoms with van der Waals surface area (Å²) >= 11 is 5.96. The van der Waals surface area contributed by atoms with E-state index in [-0.39, 0.29) is 6.23 Å². The van der Waals surface area contributed by atoms with Crippen LogP contribution in [-0.2, 0) is 0 Å². The largest absolute Gasteiger partial charge is 0.472 e. The van der Waals surface area contributed by atoms with E-state index in [2.05, 4.69) is 52.7 Å². The van der Waals surface area contributed by atoms with Gasteiger partial charge in [-0.1, -0.05) is 48.0 Å². The molecule has 0 saturated carbocycles. The first kappa shape index (κ1) is 20.0. The Morgan fingerprint density at radius 1 is 1.00 bits per heavy atom. The molecule has 4 rings (SSSR count). The summed E-state index contributed by atoms with van der Waals surface area (Å²) in [4.78, 5) is 2.22. The van der Waals surface area contributed by atoms with Crippen LogP contribution >= 0.6 is 11.6 Å². The molecule has 0 spiro atoms. The Kier molecular flexibility index (Phi) is 6.24. The van der Waals surface area contributed by atoms with Gasteiger partial charge in [-0.25, -0.2) is 0 Å². The van der Waals surface area contributed by atoms with Gasteiger partial charge in [0.2, 0.25) is 0 Å². The van der Waals surface area contributed by atoms with E-state index < -0.39 is 6.10 Å². The average molecular weight is 411 g/mol. The fourth-order valence-electron chi connectivity index (χ4n) is 4.00. The van der Waals surface area contributed by atoms with E-state index in [1.54, 1.807) is 19.1 Å². The number of fused-ring (bicyclic) bond motifs is 1. The molecular formula is C24H27ClN2O2. The summed E-state index contributed by atoms with van der Waals surface area (Å²) in [6.07, 6.45) is 1.04. The number of benzene rings is 3. The minimum Gasteiger partial charge on any atom is -0.472 e. The fraction of sp³-hybridized carbons (Fsp3) is 0.333. The zero-order chi connectivity index (χ0) is 20.2. The molecule has 0 amide bonds. The molecule has 4 nitrogen and oxygen atoms in total. The maximum Gasteiger partial charge on any atom is 0.178 e. The molecule has 1 saturated heterocycles. The molecule has 152 valence electrons. The molecule has 1 heterocycles. The van der Waals surface area contributed by atoms with Crippen LogP contribution < -0.4 is 10.1 Å². The summed E-state index contributed by atoms with van der Waals surface area (Å²) in [5.41, 5.74) is 1.19. The maximum atomic E-state index is 10.3. The van der Waals surface area contributed by atoms with Gasteiger partial charge in [-0.2, -0.15) is 0 Å². The van der Waals surface area contributed by atoms with Gasteiger partial charge in [0.1, 0.15) is 11.9 Å². The monoisotopic (exact) mass is 410 g/mol. The third kappa shape index (κ3) is 4.84. The van der Waals surface area contributed by atoms with Crippen molar-refractivity contribution >= 4 is 28.1 Å². The van der Waals surface area contributed by atoms with Gasteiger partial charge in [0.25, 0.3) is 0 Å². The lowest BCUT2D eigenvalue weighted by Gasteiger charge is -2.39. The first-order valence-corrected chi connectivity index (χ1v) is 10.6. The number of hydrogen-bond acceptors (Lipinski definition) is 4. The van der Waals surface area contributed by atoms with Crippen molar-refractivity contribution in [3.63, 3.8) is 0 Å². The quantitative estimate of drug-likeness (QED) is 0.589. The van der Waals surface area contributed by atoms with Gasteiger partial charge < -0.3 is 15.2 Å². The topological polar surface area (TPSA) is 44.7 Å². The molecule has 0 radical (unpaired) electrons. The SMILES string of the molecule is CC(O)C(Oc1ccc(Cl)cc1)N1CCC(Nc2cccc3ccccc23)CC1. The molecule has 5 heteroatoms. The normalized spacial score (nSPS) is 17.8. The van der Waals surface area contributed by atoms with Gasteiger partial charge in [0.15, 0.2) is 6.23 Å². The molecule has 2 N–H and O–H groups in total. The Bertz CT molecular complexity index is 932. The number of hydrogen-bond donors (Lipinski definition) is 2. The van der Waals surface area contributed by atoms with Crippen LogP contribution in [-0.4, -0.2) is 41.5 Å². The van der Waals surface area contributed by atoms with Crippen molar-refractivity contribution < 1.29 is 9.84 Å². The molecule has 1 fully saturated rings. The second kappa shape index (κ2) is 9.04. The standard InChI is InChI=1S/C24H27ClN2O2/c1-17(28)24(29-21-11-9-19(25)10-12-21)27-15-13-20(14-16-27)26-23-8-4-6-18-5-2-3-7-22(18)23/h2-12,17,20,24,26,28H,13-16H2,1H3. The number of aliphatic hydroxyl groups is 1. The number of halogens is 1. The van der Waals surface area contributed by atoms with Crippen molar-refractivity contribution in [1.29, 1.82) is 0 Å². The van der Waals surface area contributed by atoms with E-state index >= 15 is 0 Å². The van der Waals surface area contributed by atoms with Crippen LogP contribution in [0.2, 0.25) is 5.02 Å². The van der Waals surface area contributed by atoms with Gasteiger partial charge in [-0.3, -0.25) is 4.90 Å². The Morgan fingerprint density at radius 3 is 2.41 bits per heavy atom. The Balaban J connectivity index is 1.39. The summed E-state index contributed by atoms with van der Waals surface area (Å²) in [5.74, 6) is 0.719. The van der Waals surface area contributed by atoms with Crippen molar-refractivity contribution in [2.45, 2.75) is 38.1 Å². The van der Waals surface area contributed by atoms with Crippen LogP contribution in [0.4, 0.5) is 5.69 Å². The fourth-order valence-corrected chi connectivity index (χ4v) is 4.13. The van der Waals surface area contributed by atoms with Crippen molar-refractivity contribution in [3.8, 4) is 5.75 Å². The van der Waals surface area contributed by atoms with E-state index in [9.17, 15) is 5.11 Å². The number of ether oxygens (including phenoxy) is 1. The van der Waals surface area contributed by atoms with Crippen LogP contribution in [0.1, 0.15) is 19.8 Å². The van der Waals surface area contributed by atoms with Gasteiger partial charge >= 0.3 is 0 Å². The maximum absolute atomic E-state index is 10.3. The Labute approximate surface area is 177 Å². The van der Waals surface area contributed by atoms with Gasteiger partial charge in [0, 0.05) is 35.2 Å². The van der Waals surface area contributed by atoms with E-state index in [1.807, 2.05) is 12.1 Å². The summed E-state index contributed by atoms with van der Waals surface area (Å²) in [5, 5.41) is 17.2. The molecule has 1 aliphatic rings. The third-order valence-corrected chi connectivity index (χ3v) is 5.77. The number of aliphatic hydroxyl groups excluding tert-OH is 1. The minimum atomic E-state index is -0.590. The molecule has 3 aromatic rings. The molecule has 0 aromatic heterocycles. The number of nitrogens with zero attached hydrogens (tertiary/aromatic N) is 1. The Morgan fingerprint density at radius 2 is 1.69 bits per heavy atom. The second-order valence-corrected chi connectivity index (χ2v) is 8.12. The average Bonchev–Trinajstić information content (AvgIpc) is 2.74. The number of likely N-dealkylation sites (tertiary alicyclic amines) is 1. The van der Waals surface area contributed by atoms with Crippen LogP contribution in [0.15, 0.2) is 66.7 Å². The number of rotatable bonds is 6. The summed E-state index contributed by atoms with van der Waals surface area (Å²) in [7, 11) is 0. The molecule has 3 aromatic carbocycles. The molecule has 29 heavy (non-hydrogen) atoms. The van der Waals surface area contributed by atoms with Gasteiger partial charge in [-0.15, -0.1) is 0 Å². The van der Waals surface area contributed by atoms with Gasteiger partial charge in [-0.05, 0) is 55.5 Å². The van der Waals surface area contributed by atoms with Crippen molar-refractivity contribution in [2.75, 3.05) is 18.4 Å².